The molecule has 3 aromatic carbocycles. The van der Waals surface area contributed by atoms with Crippen molar-refractivity contribution < 1.29 is 9.47 Å². The fourth-order valence-corrected chi connectivity index (χ4v) is 9.60. The first-order valence-electron chi connectivity index (χ1n) is 13.0. The lowest BCUT2D eigenvalue weighted by Crippen LogP contribution is -2.22. The zero-order chi connectivity index (χ0) is 24.8. The Balaban J connectivity index is 1.75. The SMILES string of the molecule is COCCOCCP1C(c2ccc(C)cc2C)CC(c2ccccc2)CC1c1ccc(C)cc1C. The minimum absolute atomic E-state index is 0.307. The highest BCUT2D eigenvalue weighted by atomic mass is 31.1. The van der Waals surface area contributed by atoms with Gasteiger partial charge in [-0.2, -0.15) is 0 Å². The molecule has 2 unspecified atom stereocenters. The highest BCUT2D eigenvalue weighted by molar-refractivity contribution is 7.58. The van der Waals surface area contributed by atoms with Gasteiger partial charge in [0.2, 0.25) is 0 Å². The molecule has 0 aliphatic carbocycles. The van der Waals surface area contributed by atoms with Crippen molar-refractivity contribution >= 4 is 7.92 Å². The van der Waals surface area contributed by atoms with Gasteiger partial charge in [0.25, 0.3) is 0 Å². The molecule has 0 spiro atoms. The minimum atomic E-state index is -0.307. The van der Waals surface area contributed by atoms with E-state index in [4.69, 9.17) is 9.47 Å². The summed E-state index contributed by atoms with van der Waals surface area (Å²) < 4.78 is 11.3. The van der Waals surface area contributed by atoms with Gasteiger partial charge in [-0.25, -0.2) is 0 Å². The molecule has 186 valence electrons. The monoisotopic (exact) mass is 488 g/mol. The smallest absolute Gasteiger partial charge is 0.0700 e. The normalized spacial score (nSPS) is 22.3. The third-order valence-electron chi connectivity index (χ3n) is 7.58. The molecular formula is C32H41O2P. The van der Waals surface area contributed by atoms with Gasteiger partial charge < -0.3 is 9.47 Å². The van der Waals surface area contributed by atoms with Crippen molar-refractivity contribution in [2.75, 3.05) is 33.1 Å². The van der Waals surface area contributed by atoms with Crippen LogP contribution in [0.25, 0.3) is 0 Å². The van der Waals surface area contributed by atoms with Gasteiger partial charge in [-0.1, -0.05) is 85.8 Å². The Morgan fingerprint density at radius 3 is 1.80 bits per heavy atom. The topological polar surface area (TPSA) is 18.5 Å². The lowest BCUT2D eigenvalue weighted by molar-refractivity contribution is 0.0785. The highest BCUT2D eigenvalue weighted by Gasteiger charge is 2.40. The Bertz CT molecular complexity index is 1030. The molecule has 3 aromatic rings. The van der Waals surface area contributed by atoms with E-state index in [9.17, 15) is 0 Å². The highest BCUT2D eigenvalue weighted by Crippen LogP contribution is 2.70. The van der Waals surface area contributed by atoms with E-state index in [1.54, 1.807) is 18.2 Å². The van der Waals surface area contributed by atoms with Crippen LogP contribution in [-0.2, 0) is 9.47 Å². The molecule has 0 radical (unpaired) electrons. The van der Waals surface area contributed by atoms with Gasteiger partial charge in [0.15, 0.2) is 0 Å². The quantitative estimate of drug-likeness (QED) is 0.222. The maximum atomic E-state index is 6.05. The molecule has 35 heavy (non-hydrogen) atoms. The zero-order valence-electron chi connectivity index (χ0n) is 22.1. The second kappa shape index (κ2) is 12.3. The van der Waals surface area contributed by atoms with E-state index in [0.29, 0.717) is 30.4 Å². The summed E-state index contributed by atoms with van der Waals surface area (Å²) in [5.74, 6) is 0.570. The van der Waals surface area contributed by atoms with Gasteiger partial charge in [-0.05, 0) is 80.4 Å². The van der Waals surface area contributed by atoms with Gasteiger partial charge >= 0.3 is 0 Å². The largest absolute Gasteiger partial charge is 0.382 e. The van der Waals surface area contributed by atoms with E-state index < -0.39 is 0 Å². The van der Waals surface area contributed by atoms with Gasteiger partial charge in [-0.3, -0.25) is 0 Å². The van der Waals surface area contributed by atoms with Crippen LogP contribution < -0.4 is 0 Å². The summed E-state index contributed by atoms with van der Waals surface area (Å²) >= 11 is 0. The van der Waals surface area contributed by atoms with Crippen LogP contribution in [0.4, 0.5) is 0 Å². The summed E-state index contributed by atoms with van der Waals surface area (Å²) in [6, 6.07) is 25.4. The Labute approximate surface area is 213 Å². The molecule has 4 rings (SSSR count). The van der Waals surface area contributed by atoms with E-state index in [0.717, 1.165) is 12.8 Å². The van der Waals surface area contributed by atoms with Crippen LogP contribution in [0.1, 0.15) is 69.0 Å². The van der Waals surface area contributed by atoms with Crippen molar-refractivity contribution in [3.63, 3.8) is 0 Å². The molecule has 1 aliphatic heterocycles. The zero-order valence-corrected chi connectivity index (χ0v) is 23.0. The molecule has 2 nitrogen and oxygen atoms in total. The predicted molar refractivity (Wildman–Crippen MR) is 150 cm³/mol. The number of rotatable bonds is 9. The summed E-state index contributed by atoms with van der Waals surface area (Å²) in [5, 5.41) is 0. The van der Waals surface area contributed by atoms with Crippen LogP contribution in [0.15, 0.2) is 66.7 Å². The van der Waals surface area contributed by atoms with Crippen LogP contribution in [0.3, 0.4) is 0 Å². The van der Waals surface area contributed by atoms with E-state index in [1.807, 2.05) is 0 Å². The van der Waals surface area contributed by atoms with Gasteiger partial charge in [-0.15, -0.1) is 0 Å². The number of hydrogen-bond donors (Lipinski definition) is 0. The number of hydrogen-bond acceptors (Lipinski definition) is 2. The average Bonchev–Trinajstić information content (AvgIpc) is 2.85. The fraction of sp³-hybridized carbons (Fsp3) is 0.438. The molecule has 0 amide bonds. The van der Waals surface area contributed by atoms with Crippen molar-refractivity contribution in [1.29, 1.82) is 0 Å². The first kappa shape index (κ1) is 26.1. The Hall–Kier alpha value is -1.99. The molecule has 1 saturated heterocycles. The number of methoxy groups -OCH3 is 1. The first-order chi connectivity index (χ1) is 17.0. The van der Waals surface area contributed by atoms with E-state index >= 15 is 0 Å². The molecule has 1 heterocycles. The summed E-state index contributed by atoms with van der Waals surface area (Å²) in [5.41, 5.74) is 11.3. The Morgan fingerprint density at radius 1 is 0.714 bits per heavy atom. The molecule has 0 saturated carbocycles. The predicted octanol–water partition coefficient (Wildman–Crippen LogP) is 8.43. The third kappa shape index (κ3) is 6.42. The van der Waals surface area contributed by atoms with Gasteiger partial charge in [0.1, 0.15) is 0 Å². The van der Waals surface area contributed by atoms with Crippen LogP contribution in [0.2, 0.25) is 0 Å². The van der Waals surface area contributed by atoms with E-state index in [-0.39, 0.29) is 7.92 Å². The van der Waals surface area contributed by atoms with Crippen LogP contribution in [0.5, 0.6) is 0 Å². The van der Waals surface area contributed by atoms with Crippen LogP contribution >= 0.6 is 7.92 Å². The number of aryl methyl sites for hydroxylation is 4. The Kier molecular flexibility index (Phi) is 9.17. The van der Waals surface area contributed by atoms with E-state index in [1.165, 1.54) is 40.7 Å². The molecule has 2 atom stereocenters. The maximum Gasteiger partial charge on any atom is 0.0700 e. The Morgan fingerprint density at radius 2 is 1.29 bits per heavy atom. The molecule has 1 fully saturated rings. The van der Waals surface area contributed by atoms with Gasteiger partial charge in [0.05, 0.1) is 19.8 Å². The third-order valence-corrected chi connectivity index (χ3v) is 10.9. The van der Waals surface area contributed by atoms with Gasteiger partial charge in [0, 0.05) is 18.4 Å². The maximum absolute atomic E-state index is 6.05. The summed E-state index contributed by atoms with van der Waals surface area (Å²) in [4.78, 5) is 0. The van der Waals surface area contributed by atoms with Crippen molar-refractivity contribution in [1.82, 2.24) is 0 Å². The summed E-state index contributed by atoms with van der Waals surface area (Å²) in [7, 11) is 1.43. The standard InChI is InChI=1S/C32H41O2P/c1-23-11-13-29(25(3)19-23)31-21-28(27-9-7-6-8-10-27)22-32(30-14-12-24(2)20-26(30)4)35(31)18-17-34-16-15-33-5/h6-14,19-20,28,31-32H,15-18,21-22H2,1-5H3. The summed E-state index contributed by atoms with van der Waals surface area (Å²) in [6.45, 7) is 11.2. The molecule has 3 heteroatoms. The molecule has 0 aromatic heterocycles. The number of ether oxygens (including phenoxy) is 2. The summed E-state index contributed by atoms with van der Waals surface area (Å²) in [6.07, 6.45) is 3.58. The molecule has 1 aliphatic rings. The first-order valence-corrected chi connectivity index (χ1v) is 14.7. The lowest BCUT2D eigenvalue weighted by Gasteiger charge is -2.44. The average molecular weight is 489 g/mol. The van der Waals surface area contributed by atoms with Crippen molar-refractivity contribution in [3.05, 3.63) is 106 Å². The number of benzene rings is 3. The lowest BCUT2D eigenvalue weighted by atomic mass is 9.84. The second-order valence-electron chi connectivity index (χ2n) is 10.2. The van der Waals surface area contributed by atoms with Crippen LogP contribution in [0, 0.1) is 27.7 Å². The van der Waals surface area contributed by atoms with Crippen molar-refractivity contribution in [2.45, 2.75) is 57.8 Å². The fourth-order valence-electron chi connectivity index (χ4n) is 5.86. The van der Waals surface area contributed by atoms with E-state index in [2.05, 4.69) is 94.4 Å². The molecule has 0 N–H and O–H groups in total. The van der Waals surface area contributed by atoms with Crippen LogP contribution in [-0.4, -0.2) is 33.1 Å². The van der Waals surface area contributed by atoms with Crippen molar-refractivity contribution in [3.8, 4) is 0 Å². The second-order valence-corrected chi connectivity index (χ2v) is 12.9. The molecule has 0 bridgehead atoms. The van der Waals surface area contributed by atoms with Crippen molar-refractivity contribution in [2.24, 2.45) is 0 Å². The molecular weight excluding hydrogens is 447 g/mol. The minimum Gasteiger partial charge on any atom is -0.382 e.